The van der Waals surface area contributed by atoms with Crippen LogP contribution < -0.4 is 5.32 Å². The Morgan fingerprint density at radius 1 is 1.32 bits per heavy atom. The molecule has 0 radical (unpaired) electrons. The summed E-state index contributed by atoms with van der Waals surface area (Å²) in [6, 6.07) is 2.05. The second-order valence-electron chi connectivity index (χ2n) is 4.27. The van der Waals surface area contributed by atoms with Crippen molar-refractivity contribution in [3.05, 3.63) is 16.8 Å². The number of sulfonamides is 1. The molecule has 0 amide bonds. The zero-order valence-electron chi connectivity index (χ0n) is 11.4. The standard InChI is InChI=1S/C11H17N5O2S/c1-8-9(2)14-15-11(10(8)7-12)13-5-6-19(17,18)16(3)4/h5-6H2,1-4H3,(H,13,15). The highest BCUT2D eigenvalue weighted by Crippen LogP contribution is 2.16. The number of nitrogens with one attached hydrogen (secondary N) is 1. The fraction of sp³-hybridized carbons (Fsp3) is 0.545. The van der Waals surface area contributed by atoms with E-state index in [1.807, 2.05) is 0 Å². The molecule has 1 heterocycles. The number of nitriles is 1. The van der Waals surface area contributed by atoms with E-state index in [-0.39, 0.29) is 12.3 Å². The SMILES string of the molecule is Cc1nnc(NCCS(=O)(=O)N(C)C)c(C#N)c1C. The average molecular weight is 283 g/mol. The van der Waals surface area contributed by atoms with Crippen molar-refractivity contribution < 1.29 is 8.42 Å². The van der Waals surface area contributed by atoms with Crippen LogP contribution >= 0.6 is 0 Å². The summed E-state index contributed by atoms with van der Waals surface area (Å²) in [7, 11) is -0.310. The van der Waals surface area contributed by atoms with Gasteiger partial charge in [-0.15, -0.1) is 5.10 Å². The van der Waals surface area contributed by atoms with Crippen LogP contribution in [0.15, 0.2) is 0 Å². The van der Waals surface area contributed by atoms with Gasteiger partial charge in [-0.3, -0.25) is 0 Å². The van der Waals surface area contributed by atoms with Crippen molar-refractivity contribution in [2.24, 2.45) is 0 Å². The summed E-state index contributed by atoms with van der Waals surface area (Å²) in [5, 5.41) is 19.7. The van der Waals surface area contributed by atoms with Crippen LogP contribution in [0, 0.1) is 25.2 Å². The van der Waals surface area contributed by atoms with Gasteiger partial charge in [0.25, 0.3) is 0 Å². The number of hydrogen-bond donors (Lipinski definition) is 1. The predicted molar refractivity (Wildman–Crippen MR) is 72.2 cm³/mol. The van der Waals surface area contributed by atoms with Crippen molar-refractivity contribution in [1.29, 1.82) is 5.26 Å². The molecule has 1 aromatic heterocycles. The highest BCUT2D eigenvalue weighted by atomic mass is 32.2. The normalized spacial score (nSPS) is 11.4. The summed E-state index contributed by atoms with van der Waals surface area (Å²) in [5.41, 5.74) is 1.83. The maximum absolute atomic E-state index is 11.6. The van der Waals surface area contributed by atoms with Crippen molar-refractivity contribution in [1.82, 2.24) is 14.5 Å². The third-order valence-electron chi connectivity index (χ3n) is 2.78. The second-order valence-corrected chi connectivity index (χ2v) is 6.57. The Morgan fingerprint density at radius 2 is 1.95 bits per heavy atom. The lowest BCUT2D eigenvalue weighted by molar-refractivity contribution is 0.521. The van der Waals surface area contributed by atoms with E-state index in [4.69, 9.17) is 5.26 Å². The molecule has 0 bridgehead atoms. The molecule has 8 heteroatoms. The van der Waals surface area contributed by atoms with Crippen molar-refractivity contribution in [2.75, 3.05) is 31.7 Å². The summed E-state index contributed by atoms with van der Waals surface area (Å²) in [6.45, 7) is 3.72. The summed E-state index contributed by atoms with van der Waals surface area (Å²) >= 11 is 0. The van der Waals surface area contributed by atoms with Gasteiger partial charge in [0.15, 0.2) is 5.82 Å². The lowest BCUT2D eigenvalue weighted by Crippen LogP contribution is -2.28. The zero-order chi connectivity index (χ0) is 14.6. The Labute approximate surface area is 113 Å². The average Bonchev–Trinajstić information content (AvgIpc) is 2.33. The van der Waals surface area contributed by atoms with Crippen LogP contribution in [-0.2, 0) is 10.0 Å². The van der Waals surface area contributed by atoms with Gasteiger partial charge in [-0.05, 0) is 19.4 Å². The molecule has 0 spiro atoms. The van der Waals surface area contributed by atoms with E-state index in [1.54, 1.807) is 13.8 Å². The monoisotopic (exact) mass is 283 g/mol. The Hall–Kier alpha value is -1.72. The van der Waals surface area contributed by atoms with Gasteiger partial charge in [-0.2, -0.15) is 10.4 Å². The lowest BCUT2D eigenvalue weighted by atomic mass is 10.1. The lowest BCUT2D eigenvalue weighted by Gasteiger charge is -2.12. The number of nitrogens with zero attached hydrogens (tertiary/aromatic N) is 4. The molecule has 0 aliphatic rings. The smallest absolute Gasteiger partial charge is 0.215 e. The van der Waals surface area contributed by atoms with Crippen molar-refractivity contribution in [3.63, 3.8) is 0 Å². The fourth-order valence-corrected chi connectivity index (χ4v) is 2.08. The van der Waals surface area contributed by atoms with E-state index in [2.05, 4.69) is 21.6 Å². The van der Waals surface area contributed by atoms with E-state index in [9.17, 15) is 8.42 Å². The molecule has 7 nitrogen and oxygen atoms in total. The molecular weight excluding hydrogens is 266 g/mol. The van der Waals surface area contributed by atoms with Gasteiger partial charge in [-0.1, -0.05) is 0 Å². The molecule has 1 rings (SSSR count). The number of hydrogen-bond acceptors (Lipinski definition) is 6. The van der Waals surface area contributed by atoms with E-state index < -0.39 is 10.0 Å². The Morgan fingerprint density at radius 3 is 2.47 bits per heavy atom. The first kappa shape index (κ1) is 15.3. The molecule has 0 saturated heterocycles. The molecule has 0 fully saturated rings. The first-order chi connectivity index (χ1) is 8.79. The molecule has 0 atom stereocenters. The molecule has 0 aliphatic carbocycles. The van der Waals surface area contributed by atoms with Gasteiger partial charge in [0.1, 0.15) is 11.6 Å². The maximum Gasteiger partial charge on any atom is 0.215 e. The summed E-state index contributed by atoms with van der Waals surface area (Å²) < 4.78 is 24.3. The quantitative estimate of drug-likeness (QED) is 0.832. The minimum absolute atomic E-state index is 0.0700. The molecular formula is C11H17N5O2S. The molecule has 0 unspecified atom stereocenters. The van der Waals surface area contributed by atoms with Crippen LogP contribution in [0.4, 0.5) is 5.82 Å². The molecule has 1 N–H and O–H groups in total. The van der Waals surface area contributed by atoms with Crippen LogP contribution in [0.1, 0.15) is 16.8 Å². The van der Waals surface area contributed by atoms with Crippen LogP contribution in [0.5, 0.6) is 0 Å². The van der Waals surface area contributed by atoms with Crippen molar-refractivity contribution in [2.45, 2.75) is 13.8 Å². The Balaban J connectivity index is 2.81. The zero-order valence-corrected chi connectivity index (χ0v) is 12.2. The topological polar surface area (TPSA) is 99.0 Å². The molecule has 0 aromatic carbocycles. The molecule has 0 saturated carbocycles. The highest BCUT2D eigenvalue weighted by molar-refractivity contribution is 7.89. The van der Waals surface area contributed by atoms with Crippen molar-refractivity contribution in [3.8, 4) is 6.07 Å². The third-order valence-corrected chi connectivity index (χ3v) is 4.61. The van der Waals surface area contributed by atoms with E-state index in [1.165, 1.54) is 14.1 Å². The first-order valence-corrected chi connectivity index (χ1v) is 7.28. The predicted octanol–water partition coefficient (Wildman–Crippen LogP) is 0.268. The molecule has 1 aromatic rings. The van der Waals surface area contributed by atoms with E-state index in [0.717, 1.165) is 9.87 Å². The van der Waals surface area contributed by atoms with Crippen LogP contribution in [-0.4, -0.2) is 49.3 Å². The maximum atomic E-state index is 11.6. The van der Waals surface area contributed by atoms with Gasteiger partial charge >= 0.3 is 0 Å². The minimum Gasteiger partial charge on any atom is -0.366 e. The molecule has 19 heavy (non-hydrogen) atoms. The van der Waals surface area contributed by atoms with Gasteiger partial charge in [0.05, 0.1) is 11.4 Å². The number of aryl methyl sites for hydroxylation is 1. The summed E-state index contributed by atoms with van der Waals surface area (Å²) in [5.74, 6) is 0.249. The molecule has 0 aliphatic heterocycles. The second kappa shape index (κ2) is 5.95. The third kappa shape index (κ3) is 3.62. The summed E-state index contributed by atoms with van der Waals surface area (Å²) in [6.07, 6.45) is 0. The van der Waals surface area contributed by atoms with Crippen LogP contribution in [0.3, 0.4) is 0 Å². The van der Waals surface area contributed by atoms with Crippen LogP contribution in [0.25, 0.3) is 0 Å². The largest absolute Gasteiger partial charge is 0.366 e. The Bertz CT molecular complexity index is 604. The van der Waals surface area contributed by atoms with Crippen molar-refractivity contribution >= 4 is 15.8 Å². The van der Waals surface area contributed by atoms with E-state index in [0.29, 0.717) is 17.1 Å². The van der Waals surface area contributed by atoms with E-state index >= 15 is 0 Å². The number of rotatable bonds is 5. The minimum atomic E-state index is -3.27. The first-order valence-electron chi connectivity index (χ1n) is 5.67. The fourth-order valence-electron chi connectivity index (χ4n) is 1.35. The number of anilines is 1. The van der Waals surface area contributed by atoms with Gasteiger partial charge in [0.2, 0.25) is 10.0 Å². The van der Waals surface area contributed by atoms with Gasteiger partial charge < -0.3 is 5.32 Å². The number of aromatic nitrogens is 2. The van der Waals surface area contributed by atoms with Gasteiger partial charge in [0, 0.05) is 20.6 Å². The van der Waals surface area contributed by atoms with Crippen LogP contribution in [0.2, 0.25) is 0 Å². The Kier molecular flexibility index (Phi) is 4.80. The molecule has 104 valence electrons. The highest BCUT2D eigenvalue weighted by Gasteiger charge is 2.15. The summed E-state index contributed by atoms with van der Waals surface area (Å²) in [4.78, 5) is 0. The van der Waals surface area contributed by atoms with Gasteiger partial charge in [-0.25, -0.2) is 12.7 Å².